The van der Waals surface area contributed by atoms with Crippen LogP contribution in [0.15, 0.2) is 30.3 Å². The number of hydrogen-bond donors (Lipinski definition) is 2. The van der Waals surface area contributed by atoms with E-state index in [1.807, 2.05) is 6.92 Å². The predicted molar refractivity (Wildman–Crippen MR) is 64.1 cm³/mol. The summed E-state index contributed by atoms with van der Waals surface area (Å²) in [6, 6.07) is 7.71. The Morgan fingerprint density at radius 3 is 2.53 bits per heavy atom. The zero-order valence-corrected chi connectivity index (χ0v) is 10.00. The first-order valence-electron chi connectivity index (χ1n) is 5.88. The first-order chi connectivity index (χ1) is 8.06. The smallest absolute Gasteiger partial charge is 0.285 e. The molecule has 2 nitrogen and oxygen atoms in total. The van der Waals surface area contributed by atoms with Gasteiger partial charge in [-0.1, -0.05) is 43.7 Å². The van der Waals surface area contributed by atoms with Gasteiger partial charge in [-0.2, -0.15) is 8.78 Å². The van der Waals surface area contributed by atoms with Crippen molar-refractivity contribution in [3.63, 3.8) is 0 Å². The van der Waals surface area contributed by atoms with Gasteiger partial charge in [-0.25, -0.2) is 0 Å². The Morgan fingerprint density at radius 1 is 1.29 bits per heavy atom. The Balaban J connectivity index is 2.40. The lowest BCUT2D eigenvalue weighted by Gasteiger charge is -2.18. The molecule has 0 aliphatic heterocycles. The van der Waals surface area contributed by atoms with E-state index in [-0.39, 0.29) is 12.1 Å². The number of alkyl halides is 2. The third-order valence-corrected chi connectivity index (χ3v) is 2.55. The number of hydrogen-bond acceptors (Lipinski definition) is 2. The third-order valence-electron chi connectivity index (χ3n) is 2.55. The molecule has 0 aliphatic carbocycles. The number of benzene rings is 1. The Labute approximate surface area is 101 Å². The van der Waals surface area contributed by atoms with Crippen LogP contribution in [-0.2, 0) is 5.92 Å². The number of aliphatic hydroxyl groups is 1. The number of aliphatic hydroxyl groups excluding tert-OH is 1. The van der Waals surface area contributed by atoms with E-state index in [1.54, 1.807) is 18.2 Å². The van der Waals surface area contributed by atoms with Crippen LogP contribution in [0.2, 0.25) is 0 Å². The maximum absolute atomic E-state index is 13.6. The van der Waals surface area contributed by atoms with Crippen LogP contribution < -0.4 is 5.32 Å². The summed E-state index contributed by atoms with van der Waals surface area (Å²) in [7, 11) is 0. The minimum Gasteiger partial charge on any atom is -0.392 e. The maximum Gasteiger partial charge on any atom is 0.285 e. The SMILES string of the molecule is CCCC(O)CNCC(F)(F)c1ccccc1. The van der Waals surface area contributed by atoms with E-state index in [0.29, 0.717) is 6.42 Å². The molecular weight excluding hydrogens is 224 g/mol. The normalized spacial score (nSPS) is 13.6. The summed E-state index contributed by atoms with van der Waals surface area (Å²) in [5, 5.41) is 12.0. The second kappa shape index (κ2) is 6.67. The molecule has 0 bridgehead atoms. The molecule has 1 aromatic carbocycles. The van der Waals surface area contributed by atoms with Crippen molar-refractivity contribution in [3.05, 3.63) is 35.9 Å². The molecule has 0 heterocycles. The highest BCUT2D eigenvalue weighted by molar-refractivity contribution is 5.20. The van der Waals surface area contributed by atoms with Crippen LogP contribution in [0.3, 0.4) is 0 Å². The van der Waals surface area contributed by atoms with E-state index in [4.69, 9.17) is 0 Å². The molecule has 0 saturated carbocycles. The summed E-state index contributed by atoms with van der Waals surface area (Å²) < 4.78 is 27.3. The number of halogens is 2. The van der Waals surface area contributed by atoms with E-state index in [0.717, 1.165) is 6.42 Å². The van der Waals surface area contributed by atoms with Crippen LogP contribution in [-0.4, -0.2) is 24.3 Å². The lowest BCUT2D eigenvalue weighted by Crippen LogP contribution is -2.35. The van der Waals surface area contributed by atoms with Crippen LogP contribution >= 0.6 is 0 Å². The van der Waals surface area contributed by atoms with E-state index in [9.17, 15) is 13.9 Å². The largest absolute Gasteiger partial charge is 0.392 e. The van der Waals surface area contributed by atoms with Gasteiger partial charge in [0.05, 0.1) is 12.6 Å². The van der Waals surface area contributed by atoms with Gasteiger partial charge in [0.25, 0.3) is 5.92 Å². The molecule has 1 atom stereocenters. The van der Waals surface area contributed by atoms with Gasteiger partial charge in [-0.05, 0) is 6.42 Å². The zero-order chi connectivity index (χ0) is 12.7. The van der Waals surface area contributed by atoms with Gasteiger partial charge in [0, 0.05) is 12.1 Å². The first kappa shape index (κ1) is 14.1. The van der Waals surface area contributed by atoms with E-state index in [1.165, 1.54) is 12.1 Å². The molecule has 0 aliphatic rings. The molecule has 1 aromatic rings. The average Bonchev–Trinajstić information content (AvgIpc) is 2.30. The lowest BCUT2D eigenvalue weighted by atomic mass is 10.1. The molecule has 0 radical (unpaired) electrons. The van der Waals surface area contributed by atoms with Gasteiger partial charge in [0.15, 0.2) is 0 Å². The summed E-state index contributed by atoms with van der Waals surface area (Å²) in [5.74, 6) is -2.90. The fourth-order valence-electron chi connectivity index (χ4n) is 1.62. The molecule has 0 saturated heterocycles. The zero-order valence-electron chi connectivity index (χ0n) is 10.00. The lowest BCUT2D eigenvalue weighted by molar-refractivity contribution is -0.00571. The Kier molecular flexibility index (Phi) is 5.51. The quantitative estimate of drug-likeness (QED) is 0.771. The fourth-order valence-corrected chi connectivity index (χ4v) is 1.62. The van der Waals surface area contributed by atoms with Crippen molar-refractivity contribution in [1.82, 2.24) is 5.32 Å². The van der Waals surface area contributed by atoms with Crippen molar-refractivity contribution in [2.45, 2.75) is 31.8 Å². The van der Waals surface area contributed by atoms with Gasteiger partial charge < -0.3 is 10.4 Å². The summed E-state index contributed by atoms with van der Waals surface area (Å²) in [6.45, 7) is 1.70. The van der Waals surface area contributed by atoms with Crippen molar-refractivity contribution in [3.8, 4) is 0 Å². The van der Waals surface area contributed by atoms with Crippen LogP contribution in [0.5, 0.6) is 0 Å². The maximum atomic E-state index is 13.6. The summed E-state index contributed by atoms with van der Waals surface area (Å²) >= 11 is 0. The van der Waals surface area contributed by atoms with Crippen LogP contribution in [0, 0.1) is 0 Å². The standard InChI is InChI=1S/C13H19F2NO/c1-2-6-12(17)9-16-10-13(14,15)11-7-4-3-5-8-11/h3-5,7-8,12,16-17H,2,6,9-10H2,1H3. The van der Waals surface area contributed by atoms with Gasteiger partial charge in [-0.15, -0.1) is 0 Å². The minimum absolute atomic E-state index is 0.00233. The van der Waals surface area contributed by atoms with Crippen LogP contribution in [0.1, 0.15) is 25.3 Å². The van der Waals surface area contributed by atoms with Gasteiger partial charge >= 0.3 is 0 Å². The molecule has 17 heavy (non-hydrogen) atoms. The first-order valence-corrected chi connectivity index (χ1v) is 5.88. The summed E-state index contributed by atoms with van der Waals surface area (Å²) in [5.41, 5.74) is -0.00233. The second-order valence-corrected chi connectivity index (χ2v) is 4.14. The molecule has 1 unspecified atom stereocenters. The van der Waals surface area contributed by atoms with Gasteiger partial charge in [0.1, 0.15) is 0 Å². The number of rotatable bonds is 7. The van der Waals surface area contributed by atoms with Crippen molar-refractivity contribution in [1.29, 1.82) is 0 Å². The van der Waals surface area contributed by atoms with Crippen molar-refractivity contribution >= 4 is 0 Å². The molecule has 0 fully saturated rings. The van der Waals surface area contributed by atoms with E-state index < -0.39 is 18.6 Å². The van der Waals surface area contributed by atoms with Crippen molar-refractivity contribution in [2.24, 2.45) is 0 Å². The molecular formula is C13H19F2NO. The summed E-state index contributed by atoms with van der Waals surface area (Å²) in [6.07, 6.45) is 0.925. The Morgan fingerprint density at radius 2 is 1.94 bits per heavy atom. The van der Waals surface area contributed by atoms with E-state index >= 15 is 0 Å². The Bertz CT molecular complexity index is 316. The predicted octanol–water partition coefficient (Wildman–Crippen LogP) is 2.53. The molecule has 1 rings (SSSR count). The molecule has 0 aromatic heterocycles. The van der Waals surface area contributed by atoms with Gasteiger partial charge in [0.2, 0.25) is 0 Å². The monoisotopic (exact) mass is 243 g/mol. The number of nitrogens with one attached hydrogen (secondary N) is 1. The summed E-state index contributed by atoms with van der Waals surface area (Å²) in [4.78, 5) is 0. The molecule has 0 amide bonds. The fraction of sp³-hybridized carbons (Fsp3) is 0.538. The second-order valence-electron chi connectivity index (χ2n) is 4.14. The third kappa shape index (κ3) is 4.79. The highest BCUT2D eigenvalue weighted by atomic mass is 19.3. The average molecular weight is 243 g/mol. The van der Waals surface area contributed by atoms with Gasteiger partial charge in [-0.3, -0.25) is 0 Å². The van der Waals surface area contributed by atoms with E-state index in [2.05, 4.69) is 5.32 Å². The van der Waals surface area contributed by atoms with Crippen LogP contribution in [0.25, 0.3) is 0 Å². The molecule has 0 spiro atoms. The van der Waals surface area contributed by atoms with Crippen molar-refractivity contribution < 1.29 is 13.9 Å². The van der Waals surface area contributed by atoms with Crippen molar-refractivity contribution in [2.75, 3.05) is 13.1 Å². The highest BCUT2D eigenvalue weighted by Gasteiger charge is 2.30. The topological polar surface area (TPSA) is 32.3 Å². The molecule has 2 N–H and O–H groups in total. The minimum atomic E-state index is -2.90. The van der Waals surface area contributed by atoms with Crippen LogP contribution in [0.4, 0.5) is 8.78 Å². The molecule has 4 heteroatoms. The highest BCUT2D eigenvalue weighted by Crippen LogP contribution is 2.26. The Hall–Kier alpha value is -1.00. The molecule has 96 valence electrons.